The number of hydrogen-bond donors (Lipinski definition) is 1. The molecule has 0 fully saturated rings. The summed E-state index contributed by atoms with van der Waals surface area (Å²) in [4.78, 5) is 24.0. The third kappa shape index (κ3) is 3.80. The molecule has 0 atom stereocenters. The fraction of sp³-hybridized carbons (Fsp3) is 0.231. The Hall–Kier alpha value is -2.00. The van der Waals surface area contributed by atoms with Crippen LogP contribution in [0.3, 0.4) is 0 Å². The van der Waals surface area contributed by atoms with Crippen LogP contribution in [0.1, 0.15) is 4.88 Å². The lowest BCUT2D eigenvalue weighted by molar-refractivity contribution is -0.119. The number of aryl methyl sites for hydroxylation is 1. The van der Waals surface area contributed by atoms with Gasteiger partial charge < -0.3 is 0 Å². The van der Waals surface area contributed by atoms with Crippen LogP contribution in [0.4, 0.5) is 4.39 Å². The van der Waals surface area contributed by atoms with Crippen LogP contribution in [-0.2, 0) is 21.4 Å². The van der Waals surface area contributed by atoms with Gasteiger partial charge in [-0.15, -0.1) is 0 Å². The lowest BCUT2D eigenvalue weighted by atomic mass is 10.1. The number of nitrogens with zero attached hydrogens (tertiary/aromatic N) is 1. The van der Waals surface area contributed by atoms with E-state index in [1.54, 1.807) is 6.92 Å². The van der Waals surface area contributed by atoms with Gasteiger partial charge in [-0.25, -0.2) is 12.8 Å². The molecule has 6 nitrogen and oxygen atoms in total. The molecule has 1 N–H and O–H groups in total. The molecule has 118 valence electrons. The van der Waals surface area contributed by atoms with Crippen molar-refractivity contribution >= 4 is 27.3 Å². The second-order valence-corrected chi connectivity index (χ2v) is 7.58. The number of aromatic nitrogens is 1. The number of nitrogens with one attached hydrogen (secondary N) is 1. The molecule has 1 aromatic heterocycles. The average molecular weight is 344 g/mol. The highest BCUT2D eigenvalue weighted by atomic mass is 32.2. The van der Waals surface area contributed by atoms with Gasteiger partial charge in [0.15, 0.2) is 0 Å². The molecule has 0 spiro atoms. The molecule has 1 aromatic carbocycles. The third-order valence-electron chi connectivity index (χ3n) is 2.78. The highest BCUT2D eigenvalue weighted by molar-refractivity contribution is 7.89. The highest BCUT2D eigenvalue weighted by Gasteiger charge is 2.17. The zero-order valence-corrected chi connectivity index (χ0v) is 13.4. The van der Waals surface area contributed by atoms with Gasteiger partial charge in [0.2, 0.25) is 10.0 Å². The second kappa shape index (κ2) is 6.01. The maximum absolute atomic E-state index is 13.0. The Morgan fingerprint density at radius 2 is 1.91 bits per heavy atom. The van der Waals surface area contributed by atoms with Gasteiger partial charge in [-0.1, -0.05) is 11.3 Å². The molecular weight excluding hydrogens is 331 g/mol. The summed E-state index contributed by atoms with van der Waals surface area (Å²) in [6, 6.07) is 5.49. The van der Waals surface area contributed by atoms with Gasteiger partial charge in [0, 0.05) is 4.88 Å². The number of thiazole rings is 1. The summed E-state index contributed by atoms with van der Waals surface area (Å²) in [5.41, 5.74) is 1.04. The van der Waals surface area contributed by atoms with E-state index in [1.807, 2.05) is 4.72 Å². The predicted octanol–water partition coefficient (Wildman–Crippen LogP) is 1.10. The van der Waals surface area contributed by atoms with E-state index in [0.717, 1.165) is 17.6 Å². The highest BCUT2D eigenvalue weighted by Crippen LogP contribution is 2.25. The normalized spacial score (nSPS) is 11.4. The van der Waals surface area contributed by atoms with Crippen molar-refractivity contribution in [2.24, 2.45) is 0 Å². The Morgan fingerprint density at radius 3 is 2.45 bits per heavy atom. The molecule has 2 rings (SSSR count). The minimum Gasteiger partial charge on any atom is -0.289 e. The number of sulfonamides is 1. The largest absolute Gasteiger partial charge is 0.308 e. The first-order chi connectivity index (χ1) is 10.2. The van der Waals surface area contributed by atoms with E-state index in [4.69, 9.17) is 0 Å². The number of hydrogen-bond acceptors (Lipinski definition) is 5. The molecule has 0 aliphatic carbocycles. The number of carbonyl (C=O) groups excluding carboxylic acids is 1. The molecule has 0 unspecified atom stereocenters. The van der Waals surface area contributed by atoms with Gasteiger partial charge in [-0.05, 0) is 36.8 Å². The number of benzene rings is 1. The van der Waals surface area contributed by atoms with Crippen LogP contribution in [-0.4, -0.2) is 25.1 Å². The van der Waals surface area contributed by atoms with Crippen LogP contribution in [0, 0.1) is 12.7 Å². The van der Waals surface area contributed by atoms with Gasteiger partial charge in [-0.2, -0.15) is 0 Å². The van der Waals surface area contributed by atoms with Gasteiger partial charge in [-0.3, -0.25) is 18.9 Å². The summed E-state index contributed by atoms with van der Waals surface area (Å²) in [6.45, 7) is 1.28. The van der Waals surface area contributed by atoms with E-state index < -0.39 is 28.3 Å². The molecule has 1 heterocycles. The summed E-state index contributed by atoms with van der Waals surface area (Å²) in [6.07, 6.45) is 0.855. The summed E-state index contributed by atoms with van der Waals surface area (Å²) < 4.78 is 38.1. The Balaban J connectivity index is 2.42. The number of carbonyl (C=O) groups is 1. The predicted molar refractivity (Wildman–Crippen MR) is 81.7 cm³/mol. The standard InChI is InChI=1S/C13H13FN2O4S2/c1-8-12(9-3-5-10(14)6-4-9)16(13(18)21-8)7-11(17)15-22(2,19)20/h3-6H,7H2,1-2H3,(H,15,17). The first-order valence-electron chi connectivity index (χ1n) is 6.14. The quantitative estimate of drug-likeness (QED) is 0.900. The van der Waals surface area contributed by atoms with Gasteiger partial charge >= 0.3 is 4.87 Å². The second-order valence-electron chi connectivity index (χ2n) is 4.66. The molecule has 22 heavy (non-hydrogen) atoms. The zero-order valence-electron chi connectivity index (χ0n) is 11.8. The van der Waals surface area contributed by atoms with E-state index in [9.17, 15) is 22.4 Å². The number of amides is 1. The smallest absolute Gasteiger partial charge is 0.289 e. The Kier molecular flexibility index (Phi) is 4.47. The van der Waals surface area contributed by atoms with Crippen molar-refractivity contribution in [2.45, 2.75) is 13.5 Å². The number of halogens is 1. The topological polar surface area (TPSA) is 85.2 Å². The summed E-state index contributed by atoms with van der Waals surface area (Å²) in [7, 11) is -3.69. The van der Waals surface area contributed by atoms with E-state index in [1.165, 1.54) is 28.8 Å². The SMILES string of the molecule is Cc1sc(=O)n(CC(=O)NS(C)(=O)=O)c1-c1ccc(F)cc1. The third-order valence-corrected chi connectivity index (χ3v) is 4.28. The maximum Gasteiger partial charge on any atom is 0.308 e. The molecular formula is C13H13FN2O4S2. The van der Waals surface area contributed by atoms with Crippen molar-refractivity contribution in [3.8, 4) is 11.3 Å². The average Bonchev–Trinajstić information content (AvgIpc) is 2.63. The summed E-state index contributed by atoms with van der Waals surface area (Å²) in [5, 5.41) is 0. The number of rotatable bonds is 4. The minimum atomic E-state index is -3.69. The van der Waals surface area contributed by atoms with Crippen molar-refractivity contribution in [3.05, 3.63) is 44.6 Å². The molecule has 0 saturated heterocycles. The first kappa shape index (κ1) is 16.4. The molecule has 0 aliphatic rings. The molecule has 0 radical (unpaired) electrons. The van der Waals surface area contributed by atoms with Crippen LogP contribution < -0.4 is 9.60 Å². The van der Waals surface area contributed by atoms with Crippen molar-refractivity contribution in [1.29, 1.82) is 0 Å². The van der Waals surface area contributed by atoms with Crippen LogP contribution in [0.2, 0.25) is 0 Å². The van der Waals surface area contributed by atoms with Crippen LogP contribution in [0.15, 0.2) is 29.1 Å². The molecule has 1 amide bonds. The maximum atomic E-state index is 13.0. The summed E-state index contributed by atoms with van der Waals surface area (Å²) in [5.74, 6) is -1.23. The monoisotopic (exact) mass is 344 g/mol. The molecule has 2 aromatic rings. The Bertz CT molecular complexity index is 866. The van der Waals surface area contributed by atoms with Crippen molar-refractivity contribution in [2.75, 3.05) is 6.26 Å². The van der Waals surface area contributed by atoms with Crippen LogP contribution in [0.25, 0.3) is 11.3 Å². The van der Waals surface area contributed by atoms with Gasteiger partial charge in [0.25, 0.3) is 5.91 Å². The molecule has 0 aliphatic heterocycles. The Labute approximate surface area is 130 Å². The molecule has 9 heteroatoms. The lowest BCUT2D eigenvalue weighted by Gasteiger charge is -2.09. The zero-order chi connectivity index (χ0) is 16.5. The molecule has 0 saturated carbocycles. The van der Waals surface area contributed by atoms with Crippen LogP contribution >= 0.6 is 11.3 Å². The lowest BCUT2D eigenvalue weighted by Crippen LogP contribution is -2.34. The molecule has 0 bridgehead atoms. The minimum absolute atomic E-state index is 0.388. The van der Waals surface area contributed by atoms with E-state index in [-0.39, 0.29) is 4.87 Å². The Morgan fingerprint density at radius 1 is 1.32 bits per heavy atom. The van der Waals surface area contributed by atoms with E-state index in [0.29, 0.717) is 16.1 Å². The van der Waals surface area contributed by atoms with Crippen molar-refractivity contribution in [1.82, 2.24) is 9.29 Å². The van der Waals surface area contributed by atoms with Gasteiger partial charge in [0.1, 0.15) is 12.4 Å². The fourth-order valence-corrected chi connectivity index (χ4v) is 3.34. The summed E-state index contributed by atoms with van der Waals surface area (Å²) >= 11 is 0.939. The van der Waals surface area contributed by atoms with Crippen LogP contribution in [0.5, 0.6) is 0 Å². The van der Waals surface area contributed by atoms with E-state index in [2.05, 4.69) is 0 Å². The van der Waals surface area contributed by atoms with E-state index >= 15 is 0 Å². The first-order valence-corrected chi connectivity index (χ1v) is 8.85. The van der Waals surface area contributed by atoms with Crippen molar-refractivity contribution < 1.29 is 17.6 Å². The fourth-order valence-electron chi connectivity index (χ4n) is 2.01. The van der Waals surface area contributed by atoms with Crippen molar-refractivity contribution in [3.63, 3.8) is 0 Å². The van der Waals surface area contributed by atoms with Gasteiger partial charge in [0.05, 0.1) is 11.9 Å².